The van der Waals surface area contributed by atoms with Crippen molar-refractivity contribution >= 4 is 17.6 Å². The van der Waals surface area contributed by atoms with Crippen molar-refractivity contribution in [3.05, 3.63) is 11.8 Å². The normalized spacial score (nSPS) is 19.1. The Morgan fingerprint density at radius 3 is 2.72 bits per heavy atom. The van der Waals surface area contributed by atoms with Gasteiger partial charge in [-0.2, -0.15) is 5.10 Å². The van der Waals surface area contributed by atoms with Crippen molar-refractivity contribution in [1.29, 1.82) is 0 Å². The van der Waals surface area contributed by atoms with E-state index in [-0.39, 0.29) is 17.7 Å². The molecule has 2 amide bonds. The minimum Gasteiger partial charge on any atom is -0.379 e. The number of ether oxygens (including phenoxy) is 1. The summed E-state index contributed by atoms with van der Waals surface area (Å²) in [6.45, 7) is 4.66. The Bertz CT molecular complexity index is 603. The van der Waals surface area contributed by atoms with Gasteiger partial charge in [0.25, 0.3) is 5.91 Å². The van der Waals surface area contributed by atoms with E-state index in [1.807, 2.05) is 0 Å². The van der Waals surface area contributed by atoms with Crippen molar-refractivity contribution in [2.24, 2.45) is 13.0 Å². The zero-order chi connectivity index (χ0) is 17.6. The topological polar surface area (TPSA) is 88.5 Å². The standard InChI is InChI=1S/C17H27N5O3/c1-21-15(19-16(23)13-4-2-3-5-13)12-14(20-21)17(24)18-6-7-22-8-10-25-11-9-22/h12-13H,2-11H2,1H3,(H,18,24)(H,19,23). The van der Waals surface area contributed by atoms with Gasteiger partial charge >= 0.3 is 0 Å². The number of aromatic nitrogens is 2. The maximum atomic E-state index is 12.3. The summed E-state index contributed by atoms with van der Waals surface area (Å²) >= 11 is 0. The Kier molecular flexibility index (Phi) is 6.04. The van der Waals surface area contributed by atoms with E-state index in [2.05, 4.69) is 20.6 Å². The third-order valence-corrected chi connectivity index (χ3v) is 4.91. The molecule has 1 aromatic heterocycles. The number of amides is 2. The molecule has 2 heterocycles. The highest BCUT2D eigenvalue weighted by molar-refractivity contribution is 5.96. The lowest BCUT2D eigenvalue weighted by Gasteiger charge is -2.26. The highest BCUT2D eigenvalue weighted by Crippen LogP contribution is 2.26. The second-order valence-electron chi connectivity index (χ2n) is 6.72. The molecule has 2 fully saturated rings. The fourth-order valence-electron chi connectivity index (χ4n) is 3.35. The van der Waals surface area contributed by atoms with E-state index in [0.717, 1.165) is 58.5 Å². The maximum Gasteiger partial charge on any atom is 0.271 e. The average molecular weight is 349 g/mol. The summed E-state index contributed by atoms with van der Waals surface area (Å²) in [5.41, 5.74) is 0.325. The van der Waals surface area contributed by atoms with Gasteiger partial charge in [-0.3, -0.25) is 19.2 Å². The van der Waals surface area contributed by atoms with E-state index in [9.17, 15) is 9.59 Å². The van der Waals surface area contributed by atoms with E-state index in [0.29, 0.717) is 18.1 Å². The molecule has 0 unspecified atom stereocenters. The monoisotopic (exact) mass is 349 g/mol. The molecule has 8 nitrogen and oxygen atoms in total. The summed E-state index contributed by atoms with van der Waals surface area (Å²) in [6, 6.07) is 1.64. The molecule has 0 spiro atoms. The molecule has 8 heteroatoms. The second-order valence-corrected chi connectivity index (χ2v) is 6.72. The minimum atomic E-state index is -0.217. The van der Waals surface area contributed by atoms with Gasteiger partial charge in [0.05, 0.1) is 13.2 Å². The Morgan fingerprint density at radius 1 is 1.28 bits per heavy atom. The first-order chi connectivity index (χ1) is 12.1. The van der Waals surface area contributed by atoms with Crippen LogP contribution in [0, 0.1) is 5.92 Å². The van der Waals surface area contributed by atoms with E-state index in [1.54, 1.807) is 17.8 Å². The molecule has 0 bridgehead atoms. The molecule has 25 heavy (non-hydrogen) atoms. The zero-order valence-electron chi connectivity index (χ0n) is 14.8. The van der Waals surface area contributed by atoms with Gasteiger partial charge in [0.15, 0.2) is 5.69 Å². The number of hydrogen-bond donors (Lipinski definition) is 2. The fourth-order valence-corrected chi connectivity index (χ4v) is 3.35. The van der Waals surface area contributed by atoms with Crippen LogP contribution in [-0.2, 0) is 16.6 Å². The summed E-state index contributed by atoms with van der Waals surface area (Å²) in [6.07, 6.45) is 4.11. The molecule has 1 aliphatic carbocycles. The van der Waals surface area contributed by atoms with Crippen molar-refractivity contribution in [1.82, 2.24) is 20.0 Å². The maximum absolute atomic E-state index is 12.3. The van der Waals surface area contributed by atoms with Crippen LogP contribution in [0.15, 0.2) is 6.07 Å². The van der Waals surface area contributed by atoms with E-state index in [1.165, 1.54) is 0 Å². The highest BCUT2D eigenvalue weighted by atomic mass is 16.5. The van der Waals surface area contributed by atoms with Crippen LogP contribution in [0.25, 0.3) is 0 Å². The molecular weight excluding hydrogens is 322 g/mol. The second kappa shape index (κ2) is 8.44. The van der Waals surface area contributed by atoms with E-state index < -0.39 is 0 Å². The summed E-state index contributed by atoms with van der Waals surface area (Å²) in [4.78, 5) is 26.7. The number of morpholine rings is 1. The van der Waals surface area contributed by atoms with Gasteiger partial charge in [0, 0.05) is 45.2 Å². The lowest BCUT2D eigenvalue weighted by Crippen LogP contribution is -2.41. The lowest BCUT2D eigenvalue weighted by molar-refractivity contribution is -0.119. The minimum absolute atomic E-state index is 0.0276. The first kappa shape index (κ1) is 17.9. The van der Waals surface area contributed by atoms with Gasteiger partial charge in [-0.05, 0) is 12.8 Å². The van der Waals surface area contributed by atoms with Crippen LogP contribution in [0.1, 0.15) is 36.2 Å². The number of anilines is 1. The predicted octanol–water partition coefficient (Wildman–Crippen LogP) is 0.611. The van der Waals surface area contributed by atoms with Gasteiger partial charge in [-0.15, -0.1) is 0 Å². The number of carbonyl (C=O) groups is 2. The molecule has 1 aliphatic heterocycles. The Labute approximate surface area is 147 Å². The van der Waals surface area contributed by atoms with Gasteiger partial charge < -0.3 is 15.4 Å². The Morgan fingerprint density at radius 2 is 2.00 bits per heavy atom. The highest BCUT2D eigenvalue weighted by Gasteiger charge is 2.24. The molecule has 2 N–H and O–H groups in total. The number of rotatable bonds is 6. The summed E-state index contributed by atoms with van der Waals surface area (Å²) in [7, 11) is 1.73. The fraction of sp³-hybridized carbons (Fsp3) is 0.706. The summed E-state index contributed by atoms with van der Waals surface area (Å²) in [5.74, 6) is 0.459. The molecule has 0 radical (unpaired) electrons. The molecule has 138 valence electrons. The molecule has 0 aromatic carbocycles. The third kappa shape index (κ3) is 4.79. The Hall–Kier alpha value is -1.93. The number of aryl methyl sites for hydroxylation is 1. The molecular formula is C17H27N5O3. The quantitative estimate of drug-likeness (QED) is 0.786. The summed E-state index contributed by atoms with van der Waals surface area (Å²) in [5, 5.41) is 9.99. The number of nitrogens with zero attached hydrogens (tertiary/aromatic N) is 3. The van der Waals surface area contributed by atoms with Gasteiger partial charge in [-0.1, -0.05) is 12.8 Å². The van der Waals surface area contributed by atoms with Crippen LogP contribution in [0.4, 0.5) is 5.82 Å². The zero-order valence-corrected chi connectivity index (χ0v) is 14.8. The first-order valence-electron chi connectivity index (χ1n) is 9.06. The van der Waals surface area contributed by atoms with Crippen molar-refractivity contribution < 1.29 is 14.3 Å². The van der Waals surface area contributed by atoms with E-state index >= 15 is 0 Å². The van der Waals surface area contributed by atoms with Crippen LogP contribution >= 0.6 is 0 Å². The van der Waals surface area contributed by atoms with Crippen LogP contribution < -0.4 is 10.6 Å². The number of nitrogens with one attached hydrogen (secondary N) is 2. The molecule has 1 aromatic rings. The van der Waals surface area contributed by atoms with Crippen molar-refractivity contribution in [2.45, 2.75) is 25.7 Å². The van der Waals surface area contributed by atoms with Crippen LogP contribution in [-0.4, -0.2) is 65.9 Å². The lowest BCUT2D eigenvalue weighted by atomic mass is 10.1. The van der Waals surface area contributed by atoms with Gasteiger partial charge in [0.2, 0.25) is 5.91 Å². The largest absolute Gasteiger partial charge is 0.379 e. The molecule has 1 saturated carbocycles. The van der Waals surface area contributed by atoms with Crippen molar-refractivity contribution in [3.8, 4) is 0 Å². The van der Waals surface area contributed by atoms with Crippen molar-refractivity contribution in [3.63, 3.8) is 0 Å². The van der Waals surface area contributed by atoms with E-state index in [4.69, 9.17) is 4.74 Å². The SMILES string of the molecule is Cn1nc(C(=O)NCCN2CCOCC2)cc1NC(=O)C1CCCC1. The van der Waals surface area contributed by atoms with Crippen LogP contribution in [0.2, 0.25) is 0 Å². The average Bonchev–Trinajstić information content (AvgIpc) is 3.26. The smallest absolute Gasteiger partial charge is 0.271 e. The predicted molar refractivity (Wildman–Crippen MR) is 93.4 cm³/mol. The molecule has 1 saturated heterocycles. The first-order valence-corrected chi connectivity index (χ1v) is 9.06. The van der Waals surface area contributed by atoms with Gasteiger partial charge in [0.1, 0.15) is 5.82 Å². The van der Waals surface area contributed by atoms with Crippen LogP contribution in [0.3, 0.4) is 0 Å². The third-order valence-electron chi connectivity index (χ3n) is 4.91. The van der Waals surface area contributed by atoms with Crippen LogP contribution in [0.5, 0.6) is 0 Å². The number of hydrogen-bond acceptors (Lipinski definition) is 5. The summed E-state index contributed by atoms with van der Waals surface area (Å²) < 4.78 is 6.85. The molecule has 3 rings (SSSR count). The number of carbonyl (C=O) groups excluding carboxylic acids is 2. The Balaban J connectivity index is 1.48. The van der Waals surface area contributed by atoms with Gasteiger partial charge in [-0.25, -0.2) is 0 Å². The molecule has 0 atom stereocenters. The van der Waals surface area contributed by atoms with Crippen molar-refractivity contribution in [2.75, 3.05) is 44.7 Å². The molecule has 2 aliphatic rings.